The van der Waals surface area contributed by atoms with Crippen molar-refractivity contribution >= 4 is 38.5 Å². The van der Waals surface area contributed by atoms with E-state index in [0.29, 0.717) is 5.69 Å². The second-order valence-electron chi connectivity index (χ2n) is 6.78. The standard InChI is InChI=1S/C23H13BrFNO3/c24-14-6-4-5-13(11-14)20-19-21(27)17-12-15(25)9-10-18(17)29-22(19)23(28)26(20)16-7-2-1-3-8-16/h1-12,20H. The summed E-state index contributed by atoms with van der Waals surface area (Å²) >= 11 is 3.45. The van der Waals surface area contributed by atoms with Gasteiger partial charge in [-0.3, -0.25) is 14.5 Å². The number of rotatable bonds is 2. The van der Waals surface area contributed by atoms with E-state index in [1.165, 1.54) is 12.1 Å². The molecule has 1 aromatic heterocycles. The molecule has 0 bridgehead atoms. The molecule has 0 aliphatic carbocycles. The summed E-state index contributed by atoms with van der Waals surface area (Å²) < 4.78 is 20.4. The molecule has 6 heteroatoms. The van der Waals surface area contributed by atoms with Crippen LogP contribution in [0.4, 0.5) is 10.1 Å². The quantitative estimate of drug-likeness (QED) is 0.409. The van der Waals surface area contributed by atoms with E-state index in [4.69, 9.17) is 4.42 Å². The zero-order chi connectivity index (χ0) is 20.1. The van der Waals surface area contributed by atoms with Crippen LogP contribution in [0, 0.1) is 5.82 Å². The van der Waals surface area contributed by atoms with Crippen molar-refractivity contribution in [2.24, 2.45) is 0 Å². The third kappa shape index (κ3) is 2.79. The number of fused-ring (bicyclic) bond motifs is 2. The fourth-order valence-electron chi connectivity index (χ4n) is 3.79. The maximum atomic E-state index is 13.8. The van der Waals surface area contributed by atoms with Crippen LogP contribution in [0.1, 0.15) is 27.7 Å². The van der Waals surface area contributed by atoms with Gasteiger partial charge in [0, 0.05) is 10.2 Å². The van der Waals surface area contributed by atoms with Crippen molar-refractivity contribution < 1.29 is 13.6 Å². The summed E-state index contributed by atoms with van der Waals surface area (Å²) in [6.45, 7) is 0. The van der Waals surface area contributed by atoms with Gasteiger partial charge < -0.3 is 4.42 Å². The Morgan fingerprint density at radius 1 is 0.931 bits per heavy atom. The summed E-state index contributed by atoms with van der Waals surface area (Å²) in [6, 6.07) is 19.6. The SMILES string of the molecule is O=C1c2oc3ccc(F)cc3c(=O)c2C(c2cccc(Br)c2)N1c1ccccc1. The van der Waals surface area contributed by atoms with Crippen molar-refractivity contribution in [2.45, 2.75) is 6.04 Å². The van der Waals surface area contributed by atoms with Crippen LogP contribution in [-0.2, 0) is 0 Å². The summed E-state index contributed by atoms with van der Waals surface area (Å²) in [5, 5.41) is 0.117. The van der Waals surface area contributed by atoms with Gasteiger partial charge in [0.1, 0.15) is 11.4 Å². The lowest BCUT2D eigenvalue weighted by Gasteiger charge is -2.25. The molecule has 1 aliphatic rings. The van der Waals surface area contributed by atoms with Gasteiger partial charge in [-0.05, 0) is 48.0 Å². The van der Waals surface area contributed by atoms with Gasteiger partial charge in [0.2, 0.25) is 5.76 Å². The molecule has 1 amide bonds. The number of carbonyl (C=O) groups is 1. The van der Waals surface area contributed by atoms with Crippen molar-refractivity contribution in [1.82, 2.24) is 0 Å². The molecule has 2 heterocycles. The lowest BCUT2D eigenvalue weighted by molar-refractivity contribution is 0.0971. The number of nitrogens with zero attached hydrogens (tertiary/aromatic N) is 1. The third-order valence-corrected chi connectivity index (χ3v) is 5.52. The average molecular weight is 450 g/mol. The molecule has 1 aliphatic heterocycles. The smallest absolute Gasteiger partial charge is 0.295 e. The highest BCUT2D eigenvalue weighted by atomic mass is 79.9. The zero-order valence-corrected chi connectivity index (χ0v) is 16.5. The minimum Gasteiger partial charge on any atom is -0.450 e. The molecule has 0 fully saturated rings. The highest BCUT2D eigenvalue weighted by Crippen LogP contribution is 2.41. The van der Waals surface area contributed by atoms with E-state index < -0.39 is 23.2 Å². The minimum atomic E-state index is -0.679. The lowest BCUT2D eigenvalue weighted by atomic mass is 9.98. The number of benzene rings is 3. The predicted octanol–water partition coefficient (Wildman–Crippen LogP) is 5.44. The summed E-state index contributed by atoms with van der Waals surface area (Å²) in [5.41, 5.74) is 1.39. The molecule has 0 radical (unpaired) electrons. The van der Waals surface area contributed by atoms with E-state index in [1.807, 2.05) is 42.5 Å². The summed E-state index contributed by atoms with van der Waals surface area (Å²) in [7, 11) is 0. The molecule has 0 spiro atoms. The fraction of sp³-hybridized carbons (Fsp3) is 0.0435. The van der Waals surface area contributed by atoms with Gasteiger partial charge in [0.25, 0.3) is 5.91 Å². The molecule has 5 rings (SSSR count). The zero-order valence-electron chi connectivity index (χ0n) is 14.9. The molecule has 3 aromatic carbocycles. The molecular weight excluding hydrogens is 437 g/mol. The van der Waals surface area contributed by atoms with Crippen molar-refractivity contribution in [1.29, 1.82) is 0 Å². The Morgan fingerprint density at radius 3 is 2.48 bits per heavy atom. The number of amides is 1. The number of halogens is 2. The summed E-state index contributed by atoms with van der Waals surface area (Å²) in [5.74, 6) is -0.949. The van der Waals surface area contributed by atoms with Gasteiger partial charge in [-0.25, -0.2) is 4.39 Å². The first-order valence-corrected chi connectivity index (χ1v) is 9.74. The minimum absolute atomic E-state index is 0.0112. The van der Waals surface area contributed by atoms with Crippen LogP contribution in [0.15, 0.2) is 86.5 Å². The Bertz CT molecular complexity index is 1330. The van der Waals surface area contributed by atoms with E-state index in [2.05, 4.69) is 15.9 Å². The first kappa shape index (κ1) is 17.8. The Labute approximate surface area is 173 Å². The van der Waals surface area contributed by atoms with Crippen LogP contribution < -0.4 is 10.3 Å². The van der Waals surface area contributed by atoms with E-state index >= 15 is 0 Å². The second kappa shape index (κ2) is 6.67. The Morgan fingerprint density at radius 2 is 1.72 bits per heavy atom. The van der Waals surface area contributed by atoms with E-state index in [9.17, 15) is 14.0 Å². The number of hydrogen-bond acceptors (Lipinski definition) is 3. The molecule has 1 atom stereocenters. The van der Waals surface area contributed by atoms with Crippen LogP contribution in [0.5, 0.6) is 0 Å². The Balaban J connectivity index is 1.84. The molecule has 0 N–H and O–H groups in total. The summed E-state index contributed by atoms with van der Waals surface area (Å²) in [4.78, 5) is 28.2. The molecule has 29 heavy (non-hydrogen) atoms. The van der Waals surface area contributed by atoms with Gasteiger partial charge in [0.05, 0.1) is 17.0 Å². The van der Waals surface area contributed by atoms with Gasteiger partial charge in [-0.1, -0.05) is 46.3 Å². The molecule has 4 aromatic rings. The van der Waals surface area contributed by atoms with Crippen molar-refractivity contribution in [3.05, 3.63) is 110 Å². The lowest BCUT2D eigenvalue weighted by Crippen LogP contribution is -2.29. The second-order valence-corrected chi connectivity index (χ2v) is 7.70. The van der Waals surface area contributed by atoms with Crippen LogP contribution >= 0.6 is 15.9 Å². The number of carbonyl (C=O) groups excluding carboxylic acids is 1. The molecule has 142 valence electrons. The molecule has 0 saturated heterocycles. The first-order chi connectivity index (χ1) is 14.0. The topological polar surface area (TPSA) is 50.5 Å². The van der Waals surface area contributed by atoms with Gasteiger partial charge >= 0.3 is 0 Å². The van der Waals surface area contributed by atoms with Crippen molar-refractivity contribution in [3.63, 3.8) is 0 Å². The number of anilines is 1. The van der Waals surface area contributed by atoms with Crippen molar-refractivity contribution in [2.75, 3.05) is 4.90 Å². The summed E-state index contributed by atoms with van der Waals surface area (Å²) in [6.07, 6.45) is 0. The number of hydrogen-bond donors (Lipinski definition) is 0. The number of para-hydroxylation sites is 1. The van der Waals surface area contributed by atoms with Gasteiger partial charge in [0.15, 0.2) is 5.43 Å². The normalized spacial score (nSPS) is 15.7. The first-order valence-electron chi connectivity index (χ1n) is 8.95. The van der Waals surface area contributed by atoms with E-state index in [1.54, 1.807) is 17.0 Å². The van der Waals surface area contributed by atoms with Gasteiger partial charge in [-0.15, -0.1) is 0 Å². The maximum Gasteiger partial charge on any atom is 0.295 e. The third-order valence-electron chi connectivity index (χ3n) is 5.03. The predicted molar refractivity (Wildman–Crippen MR) is 112 cm³/mol. The monoisotopic (exact) mass is 449 g/mol. The molecule has 4 nitrogen and oxygen atoms in total. The van der Waals surface area contributed by atoms with E-state index in [-0.39, 0.29) is 22.3 Å². The van der Waals surface area contributed by atoms with Crippen LogP contribution in [-0.4, -0.2) is 5.91 Å². The van der Waals surface area contributed by atoms with Crippen LogP contribution in [0.25, 0.3) is 11.0 Å². The van der Waals surface area contributed by atoms with Crippen molar-refractivity contribution in [3.8, 4) is 0 Å². The highest BCUT2D eigenvalue weighted by Gasteiger charge is 2.43. The molecule has 1 unspecified atom stereocenters. The maximum absolute atomic E-state index is 13.8. The molecule has 0 saturated carbocycles. The Hall–Kier alpha value is -3.25. The fourth-order valence-corrected chi connectivity index (χ4v) is 4.21. The highest BCUT2D eigenvalue weighted by molar-refractivity contribution is 9.10. The van der Waals surface area contributed by atoms with E-state index in [0.717, 1.165) is 16.1 Å². The average Bonchev–Trinajstić information content (AvgIpc) is 3.02. The van der Waals surface area contributed by atoms with Crippen LogP contribution in [0.2, 0.25) is 0 Å². The Kier molecular flexibility index (Phi) is 4.10. The largest absolute Gasteiger partial charge is 0.450 e. The van der Waals surface area contributed by atoms with Gasteiger partial charge in [-0.2, -0.15) is 0 Å². The molecular formula is C23H13BrFNO3. The van der Waals surface area contributed by atoms with Crippen LogP contribution in [0.3, 0.4) is 0 Å².